The average Bonchev–Trinajstić information content (AvgIpc) is 2.61. The molecule has 1 aromatic heterocycles. The summed E-state index contributed by atoms with van der Waals surface area (Å²) in [6.07, 6.45) is 2.36. The summed E-state index contributed by atoms with van der Waals surface area (Å²) in [7, 11) is 0. The minimum atomic E-state index is 0.883. The quantitative estimate of drug-likeness (QED) is 0.812. The summed E-state index contributed by atoms with van der Waals surface area (Å²) in [5.74, 6) is 0. The third kappa shape index (κ3) is 4.88. The SMILES string of the molecule is CCCNCc1cc(CN2CCCOCC2)c(C)s1. The summed E-state index contributed by atoms with van der Waals surface area (Å²) >= 11 is 1.94. The third-order valence-electron chi connectivity index (χ3n) is 3.51. The van der Waals surface area contributed by atoms with E-state index in [1.807, 2.05) is 11.3 Å². The lowest BCUT2D eigenvalue weighted by molar-refractivity contribution is 0.140. The molecule has 0 unspecified atom stereocenters. The van der Waals surface area contributed by atoms with Crippen molar-refractivity contribution in [2.75, 3.05) is 32.8 Å². The smallest absolute Gasteiger partial charge is 0.0593 e. The van der Waals surface area contributed by atoms with Crippen LogP contribution in [0.2, 0.25) is 0 Å². The van der Waals surface area contributed by atoms with E-state index >= 15 is 0 Å². The predicted molar refractivity (Wildman–Crippen MR) is 81.8 cm³/mol. The lowest BCUT2D eigenvalue weighted by atomic mass is 10.2. The fourth-order valence-corrected chi connectivity index (χ4v) is 3.44. The van der Waals surface area contributed by atoms with Gasteiger partial charge in [-0.1, -0.05) is 6.92 Å². The van der Waals surface area contributed by atoms with Crippen LogP contribution in [0.15, 0.2) is 6.07 Å². The second kappa shape index (κ2) is 8.00. The van der Waals surface area contributed by atoms with Gasteiger partial charge in [0.2, 0.25) is 0 Å². The molecule has 1 aliphatic rings. The van der Waals surface area contributed by atoms with Crippen LogP contribution in [0.4, 0.5) is 0 Å². The highest BCUT2D eigenvalue weighted by molar-refractivity contribution is 7.12. The Labute approximate surface area is 121 Å². The Morgan fingerprint density at radius 2 is 2.26 bits per heavy atom. The van der Waals surface area contributed by atoms with Crippen molar-refractivity contribution in [1.82, 2.24) is 10.2 Å². The van der Waals surface area contributed by atoms with Gasteiger partial charge in [0.25, 0.3) is 0 Å². The first kappa shape index (κ1) is 15.0. The van der Waals surface area contributed by atoms with Gasteiger partial charge in [-0.2, -0.15) is 0 Å². The largest absolute Gasteiger partial charge is 0.380 e. The van der Waals surface area contributed by atoms with Crippen molar-refractivity contribution in [2.45, 2.75) is 39.8 Å². The molecule has 0 spiro atoms. The number of aryl methyl sites for hydroxylation is 1. The van der Waals surface area contributed by atoms with Crippen molar-refractivity contribution in [1.29, 1.82) is 0 Å². The lowest BCUT2D eigenvalue weighted by Gasteiger charge is -2.18. The molecule has 1 aliphatic heterocycles. The molecule has 0 aliphatic carbocycles. The summed E-state index contributed by atoms with van der Waals surface area (Å²) in [5, 5.41) is 3.48. The zero-order valence-corrected chi connectivity index (χ0v) is 13.0. The van der Waals surface area contributed by atoms with Crippen LogP contribution in [0, 0.1) is 6.92 Å². The molecule has 0 bridgehead atoms. The van der Waals surface area contributed by atoms with Crippen molar-refractivity contribution in [3.63, 3.8) is 0 Å². The molecule has 1 fully saturated rings. The molecule has 19 heavy (non-hydrogen) atoms. The molecule has 0 atom stereocenters. The zero-order chi connectivity index (χ0) is 13.5. The van der Waals surface area contributed by atoms with E-state index in [1.54, 1.807) is 0 Å². The van der Waals surface area contributed by atoms with Crippen molar-refractivity contribution < 1.29 is 4.74 Å². The Balaban J connectivity index is 1.88. The molecule has 2 heterocycles. The number of nitrogens with one attached hydrogen (secondary N) is 1. The normalized spacial score (nSPS) is 17.6. The third-order valence-corrected chi connectivity index (χ3v) is 4.60. The predicted octanol–water partition coefficient (Wildman–Crippen LogP) is 2.78. The average molecular weight is 282 g/mol. The molecule has 3 nitrogen and oxygen atoms in total. The maximum atomic E-state index is 5.51. The van der Waals surface area contributed by atoms with Crippen LogP contribution in [-0.2, 0) is 17.8 Å². The Morgan fingerprint density at radius 1 is 1.37 bits per heavy atom. The number of hydrogen-bond acceptors (Lipinski definition) is 4. The second-order valence-corrected chi connectivity index (χ2v) is 6.55. The summed E-state index contributed by atoms with van der Waals surface area (Å²) < 4.78 is 5.51. The van der Waals surface area contributed by atoms with Crippen LogP contribution in [0.1, 0.15) is 35.1 Å². The van der Waals surface area contributed by atoms with Gasteiger partial charge in [-0.3, -0.25) is 4.90 Å². The molecule has 4 heteroatoms. The molecule has 0 amide bonds. The monoisotopic (exact) mass is 282 g/mol. The van der Waals surface area contributed by atoms with Crippen molar-refractivity contribution in [3.8, 4) is 0 Å². The fraction of sp³-hybridized carbons (Fsp3) is 0.733. The lowest BCUT2D eigenvalue weighted by Crippen LogP contribution is -2.25. The highest BCUT2D eigenvalue weighted by Gasteiger charge is 2.12. The molecule has 0 radical (unpaired) electrons. The molecule has 1 aromatic rings. The zero-order valence-electron chi connectivity index (χ0n) is 12.2. The van der Waals surface area contributed by atoms with Crippen LogP contribution >= 0.6 is 11.3 Å². The van der Waals surface area contributed by atoms with E-state index in [-0.39, 0.29) is 0 Å². The second-order valence-electron chi connectivity index (χ2n) is 5.21. The van der Waals surface area contributed by atoms with Gasteiger partial charge >= 0.3 is 0 Å². The molecular weight excluding hydrogens is 256 g/mol. The van der Waals surface area contributed by atoms with E-state index in [0.29, 0.717) is 0 Å². The first-order valence-electron chi connectivity index (χ1n) is 7.38. The van der Waals surface area contributed by atoms with Gasteiger partial charge in [0.15, 0.2) is 0 Å². The first-order valence-corrected chi connectivity index (χ1v) is 8.20. The maximum Gasteiger partial charge on any atom is 0.0593 e. The topological polar surface area (TPSA) is 24.5 Å². The van der Waals surface area contributed by atoms with Crippen molar-refractivity contribution >= 4 is 11.3 Å². The van der Waals surface area contributed by atoms with Gasteiger partial charge < -0.3 is 10.1 Å². The molecule has 108 valence electrons. The highest BCUT2D eigenvalue weighted by Crippen LogP contribution is 2.23. The van der Waals surface area contributed by atoms with Gasteiger partial charge in [-0.15, -0.1) is 11.3 Å². The summed E-state index contributed by atoms with van der Waals surface area (Å²) in [6.45, 7) is 11.7. The Morgan fingerprint density at radius 3 is 3.11 bits per heavy atom. The molecular formula is C15H26N2OS. The number of ether oxygens (including phenoxy) is 1. The van der Waals surface area contributed by atoms with E-state index in [0.717, 1.165) is 45.8 Å². The minimum absolute atomic E-state index is 0.883. The van der Waals surface area contributed by atoms with Crippen LogP contribution in [-0.4, -0.2) is 37.7 Å². The molecule has 0 aromatic carbocycles. The van der Waals surface area contributed by atoms with Gasteiger partial charge in [-0.25, -0.2) is 0 Å². The number of rotatable bonds is 6. The van der Waals surface area contributed by atoms with Gasteiger partial charge in [0.05, 0.1) is 6.61 Å². The van der Waals surface area contributed by atoms with Crippen LogP contribution in [0.5, 0.6) is 0 Å². The standard InChI is InChI=1S/C15H26N2OS/c1-3-5-16-11-15-10-14(13(2)19-15)12-17-6-4-8-18-9-7-17/h10,16H,3-9,11-12H2,1-2H3. The Hall–Kier alpha value is -0.420. The Kier molecular flexibility index (Phi) is 6.31. The van der Waals surface area contributed by atoms with E-state index in [4.69, 9.17) is 4.74 Å². The van der Waals surface area contributed by atoms with Crippen molar-refractivity contribution in [3.05, 3.63) is 21.4 Å². The number of thiophene rings is 1. The van der Waals surface area contributed by atoms with E-state index < -0.39 is 0 Å². The highest BCUT2D eigenvalue weighted by atomic mass is 32.1. The minimum Gasteiger partial charge on any atom is -0.380 e. The molecule has 0 saturated carbocycles. The van der Waals surface area contributed by atoms with Crippen LogP contribution < -0.4 is 5.32 Å². The summed E-state index contributed by atoms with van der Waals surface area (Å²) in [6, 6.07) is 2.38. The molecule has 1 N–H and O–H groups in total. The number of hydrogen-bond donors (Lipinski definition) is 1. The van der Waals surface area contributed by atoms with E-state index in [1.165, 1.54) is 28.3 Å². The number of nitrogens with zero attached hydrogens (tertiary/aromatic N) is 1. The van der Waals surface area contributed by atoms with E-state index in [9.17, 15) is 0 Å². The first-order chi connectivity index (χ1) is 9.29. The van der Waals surface area contributed by atoms with E-state index in [2.05, 4.69) is 30.1 Å². The maximum absolute atomic E-state index is 5.51. The van der Waals surface area contributed by atoms with Gasteiger partial charge in [-0.05, 0) is 37.9 Å². The van der Waals surface area contributed by atoms with Crippen molar-refractivity contribution in [2.24, 2.45) is 0 Å². The fourth-order valence-electron chi connectivity index (χ4n) is 2.42. The molecule has 2 rings (SSSR count). The van der Waals surface area contributed by atoms with Gasteiger partial charge in [0.1, 0.15) is 0 Å². The van der Waals surface area contributed by atoms with Gasteiger partial charge in [0, 0.05) is 42.5 Å². The summed E-state index contributed by atoms with van der Waals surface area (Å²) in [4.78, 5) is 5.45. The molecule has 1 saturated heterocycles. The van der Waals surface area contributed by atoms with Crippen LogP contribution in [0.25, 0.3) is 0 Å². The summed E-state index contributed by atoms with van der Waals surface area (Å²) in [5.41, 5.74) is 1.50. The van der Waals surface area contributed by atoms with Crippen LogP contribution in [0.3, 0.4) is 0 Å². The Bertz CT molecular complexity index is 370.